The Labute approximate surface area is 117 Å². The van der Waals surface area contributed by atoms with E-state index in [1.165, 1.54) is 4.90 Å². The van der Waals surface area contributed by atoms with Gasteiger partial charge in [-0.3, -0.25) is 4.90 Å². The van der Waals surface area contributed by atoms with Gasteiger partial charge < -0.3 is 5.11 Å². The van der Waals surface area contributed by atoms with E-state index < -0.39 is 6.09 Å². The molecule has 3 nitrogen and oxygen atoms in total. The van der Waals surface area contributed by atoms with Crippen LogP contribution in [0, 0.1) is 0 Å². The van der Waals surface area contributed by atoms with Crippen molar-refractivity contribution in [2.24, 2.45) is 0 Å². The number of nitrogens with zero attached hydrogens (tertiary/aromatic N) is 1. The van der Waals surface area contributed by atoms with Crippen molar-refractivity contribution in [3.8, 4) is 0 Å². The van der Waals surface area contributed by atoms with Gasteiger partial charge in [-0.15, -0.1) is 23.5 Å². The van der Waals surface area contributed by atoms with Gasteiger partial charge in [0.1, 0.15) is 0 Å². The number of benzene rings is 1. The molecule has 5 heteroatoms. The summed E-state index contributed by atoms with van der Waals surface area (Å²) in [6.45, 7) is 4.30. The summed E-state index contributed by atoms with van der Waals surface area (Å²) in [5, 5.41) is 9.07. The minimum absolute atomic E-state index is 0.471. The van der Waals surface area contributed by atoms with Gasteiger partial charge in [0.2, 0.25) is 0 Å². The average molecular weight is 285 g/mol. The van der Waals surface area contributed by atoms with E-state index >= 15 is 0 Å². The van der Waals surface area contributed by atoms with Crippen molar-refractivity contribution in [3.05, 3.63) is 24.3 Å². The van der Waals surface area contributed by atoms with Crippen LogP contribution in [-0.4, -0.2) is 28.6 Å². The van der Waals surface area contributed by atoms with E-state index in [1.54, 1.807) is 18.8 Å². The number of hydrogen-bond acceptors (Lipinski definition) is 3. The van der Waals surface area contributed by atoms with Crippen LogP contribution in [-0.2, 0) is 0 Å². The number of para-hydroxylation sites is 1. The molecule has 0 saturated carbocycles. The third kappa shape index (κ3) is 4.14. The molecule has 1 aromatic carbocycles. The predicted molar refractivity (Wildman–Crippen MR) is 80.9 cm³/mol. The summed E-state index contributed by atoms with van der Waals surface area (Å²) in [6.07, 6.45) is 0.133. The van der Waals surface area contributed by atoms with E-state index in [0.29, 0.717) is 4.58 Å². The van der Waals surface area contributed by atoms with Gasteiger partial charge >= 0.3 is 6.09 Å². The lowest BCUT2D eigenvalue weighted by molar-refractivity contribution is 0.203. The van der Waals surface area contributed by atoms with Crippen molar-refractivity contribution in [2.45, 2.75) is 29.7 Å². The lowest BCUT2D eigenvalue weighted by Gasteiger charge is -2.20. The maximum atomic E-state index is 11.0. The van der Waals surface area contributed by atoms with Gasteiger partial charge in [-0.05, 0) is 24.3 Å². The van der Waals surface area contributed by atoms with Gasteiger partial charge in [-0.1, -0.05) is 26.0 Å². The number of carbonyl (C=O) groups is 1. The second-order valence-corrected chi connectivity index (χ2v) is 6.74. The normalized spacial score (nSPS) is 12.2. The Bertz CT molecular complexity index is 398. The Morgan fingerprint density at radius 3 is 2.61 bits per heavy atom. The summed E-state index contributed by atoms with van der Waals surface area (Å²) in [7, 11) is 1.58. The molecule has 0 fully saturated rings. The van der Waals surface area contributed by atoms with E-state index in [1.807, 2.05) is 36.0 Å². The molecule has 1 atom stereocenters. The minimum Gasteiger partial charge on any atom is -0.465 e. The summed E-state index contributed by atoms with van der Waals surface area (Å²) in [6, 6.07) is 7.65. The first-order chi connectivity index (χ1) is 8.60. The van der Waals surface area contributed by atoms with Crippen molar-refractivity contribution in [2.75, 3.05) is 17.7 Å². The molecule has 1 unspecified atom stereocenters. The van der Waals surface area contributed by atoms with E-state index in [2.05, 4.69) is 13.8 Å². The quantitative estimate of drug-likeness (QED) is 0.622. The Kier molecular flexibility index (Phi) is 6.43. The van der Waals surface area contributed by atoms with E-state index in [9.17, 15) is 4.79 Å². The molecule has 0 saturated heterocycles. The molecule has 0 heterocycles. The molecule has 1 amide bonds. The standard InChI is InChI=1S/C13H19NO2S2/c1-4-12(17-5-2)18-11-9-7-6-8-10(11)14(3)13(15)16/h6-9,12H,4-5H2,1-3H3,(H,15,16). The largest absolute Gasteiger partial charge is 0.465 e. The first-order valence-electron chi connectivity index (χ1n) is 5.94. The molecule has 0 aromatic heterocycles. The summed E-state index contributed by atoms with van der Waals surface area (Å²) in [5.74, 6) is 1.07. The van der Waals surface area contributed by atoms with Gasteiger partial charge in [0.05, 0.1) is 10.3 Å². The highest BCUT2D eigenvalue weighted by atomic mass is 32.2. The third-order valence-corrected chi connectivity index (χ3v) is 5.39. The van der Waals surface area contributed by atoms with Gasteiger partial charge in [-0.2, -0.15) is 0 Å². The lowest BCUT2D eigenvalue weighted by atomic mass is 10.3. The van der Waals surface area contributed by atoms with Gasteiger partial charge in [0, 0.05) is 11.9 Å². The lowest BCUT2D eigenvalue weighted by Crippen LogP contribution is -2.24. The first kappa shape index (κ1) is 15.2. The van der Waals surface area contributed by atoms with Crippen molar-refractivity contribution < 1.29 is 9.90 Å². The second kappa shape index (κ2) is 7.59. The third-order valence-electron chi connectivity index (χ3n) is 2.46. The SMILES string of the molecule is CCSC(CC)Sc1ccccc1N(C)C(=O)O. The van der Waals surface area contributed by atoms with Crippen LogP contribution in [0.1, 0.15) is 20.3 Å². The zero-order chi connectivity index (χ0) is 13.5. The molecular weight excluding hydrogens is 266 g/mol. The smallest absolute Gasteiger partial charge is 0.411 e. The molecule has 100 valence electrons. The number of amides is 1. The Morgan fingerprint density at radius 2 is 2.06 bits per heavy atom. The molecule has 0 spiro atoms. The molecule has 0 aliphatic rings. The molecule has 1 aromatic rings. The van der Waals surface area contributed by atoms with Crippen molar-refractivity contribution >= 4 is 35.3 Å². The zero-order valence-corrected chi connectivity index (χ0v) is 12.6. The summed E-state index contributed by atoms with van der Waals surface area (Å²) in [4.78, 5) is 13.3. The van der Waals surface area contributed by atoms with Crippen LogP contribution in [0.5, 0.6) is 0 Å². The highest BCUT2D eigenvalue weighted by Gasteiger charge is 2.16. The van der Waals surface area contributed by atoms with Crippen LogP contribution in [0.4, 0.5) is 10.5 Å². The Hall–Kier alpha value is -0.810. The van der Waals surface area contributed by atoms with Crippen LogP contribution in [0.2, 0.25) is 0 Å². The molecule has 18 heavy (non-hydrogen) atoms. The van der Waals surface area contributed by atoms with Crippen LogP contribution in [0.25, 0.3) is 0 Å². The molecule has 0 aliphatic carbocycles. The summed E-state index contributed by atoms with van der Waals surface area (Å²) < 4.78 is 0.471. The first-order valence-corrected chi connectivity index (χ1v) is 7.86. The summed E-state index contributed by atoms with van der Waals surface area (Å²) >= 11 is 3.64. The number of rotatable bonds is 6. The maximum absolute atomic E-state index is 11.0. The van der Waals surface area contributed by atoms with Crippen molar-refractivity contribution in [3.63, 3.8) is 0 Å². The highest BCUT2D eigenvalue weighted by molar-refractivity contribution is 8.17. The van der Waals surface area contributed by atoms with Crippen LogP contribution < -0.4 is 4.90 Å². The number of hydrogen-bond donors (Lipinski definition) is 1. The van der Waals surface area contributed by atoms with E-state index in [-0.39, 0.29) is 0 Å². The average Bonchev–Trinajstić information content (AvgIpc) is 2.37. The topological polar surface area (TPSA) is 40.5 Å². The number of carboxylic acid groups (broad SMARTS) is 1. The molecule has 0 aliphatic heterocycles. The monoisotopic (exact) mass is 285 g/mol. The van der Waals surface area contributed by atoms with Crippen molar-refractivity contribution in [1.29, 1.82) is 0 Å². The van der Waals surface area contributed by atoms with Gasteiger partial charge in [0.25, 0.3) is 0 Å². The van der Waals surface area contributed by atoms with Crippen LogP contribution in [0.15, 0.2) is 29.2 Å². The van der Waals surface area contributed by atoms with Crippen molar-refractivity contribution in [1.82, 2.24) is 0 Å². The fourth-order valence-electron chi connectivity index (χ4n) is 1.50. The van der Waals surface area contributed by atoms with E-state index in [4.69, 9.17) is 5.11 Å². The minimum atomic E-state index is -0.931. The molecule has 0 bridgehead atoms. The fraction of sp³-hybridized carbons (Fsp3) is 0.462. The maximum Gasteiger partial charge on any atom is 0.411 e. The van der Waals surface area contributed by atoms with Gasteiger partial charge in [0.15, 0.2) is 0 Å². The molecule has 0 radical (unpaired) electrons. The van der Waals surface area contributed by atoms with E-state index in [0.717, 1.165) is 22.8 Å². The van der Waals surface area contributed by atoms with Crippen LogP contribution in [0.3, 0.4) is 0 Å². The Morgan fingerprint density at radius 1 is 1.39 bits per heavy atom. The molecule has 1 N–H and O–H groups in total. The fourth-order valence-corrected chi connectivity index (χ4v) is 4.03. The Balaban J connectivity index is 2.91. The van der Waals surface area contributed by atoms with Gasteiger partial charge in [-0.25, -0.2) is 4.79 Å². The highest BCUT2D eigenvalue weighted by Crippen LogP contribution is 2.38. The van der Waals surface area contributed by atoms with Crippen LogP contribution >= 0.6 is 23.5 Å². The zero-order valence-electron chi connectivity index (χ0n) is 10.9. The predicted octanol–water partition coefficient (Wildman–Crippen LogP) is 4.38. The molecule has 1 rings (SSSR count). The second-order valence-electron chi connectivity index (χ2n) is 3.72. The molecular formula is C13H19NO2S2. The summed E-state index contributed by atoms with van der Waals surface area (Å²) in [5.41, 5.74) is 0.755. The number of anilines is 1. The number of thioether (sulfide) groups is 2.